The lowest BCUT2D eigenvalue weighted by Crippen LogP contribution is -2.32. The minimum atomic E-state index is -5.13. The first-order valence-electron chi connectivity index (χ1n) is 5.54. The number of amides is 1. The lowest BCUT2D eigenvalue weighted by Gasteiger charge is -2.18. The van der Waals surface area contributed by atoms with Crippen LogP contribution in [0.3, 0.4) is 0 Å². The summed E-state index contributed by atoms with van der Waals surface area (Å²) in [4.78, 5) is 37.6. The first-order chi connectivity index (χ1) is 9.71. The van der Waals surface area contributed by atoms with Crippen LogP contribution in [-0.4, -0.2) is 35.2 Å². The van der Waals surface area contributed by atoms with Gasteiger partial charge in [0.15, 0.2) is 11.7 Å². The first-order valence-corrected chi connectivity index (χ1v) is 5.54. The average Bonchev–Trinajstić information content (AvgIpc) is 2.37. The molecule has 0 bridgehead atoms. The predicted octanol–water partition coefficient (Wildman–Crippen LogP) is 1.79. The Morgan fingerprint density at radius 2 is 1.95 bits per heavy atom. The highest BCUT2D eigenvalue weighted by Crippen LogP contribution is 2.33. The minimum Gasteiger partial charge on any atom is -0.480 e. The maximum Gasteiger partial charge on any atom is 0.471 e. The maximum absolute atomic E-state index is 12.2. The fourth-order valence-electron chi connectivity index (χ4n) is 1.76. The molecule has 1 aliphatic heterocycles. The van der Waals surface area contributed by atoms with E-state index < -0.39 is 35.4 Å². The Morgan fingerprint density at radius 1 is 1.29 bits per heavy atom. The summed E-state index contributed by atoms with van der Waals surface area (Å²) in [6.07, 6.45) is -4.24. The van der Waals surface area contributed by atoms with Crippen molar-refractivity contribution in [3.05, 3.63) is 23.8 Å². The summed E-state index contributed by atoms with van der Waals surface area (Å²) in [6, 6.07) is 3.68. The number of fused-ring (bicyclic) bond motifs is 1. The van der Waals surface area contributed by atoms with Crippen LogP contribution in [0.1, 0.15) is 10.4 Å². The molecular formula is C12H7F3N2O4. The molecule has 1 amide bonds. The van der Waals surface area contributed by atoms with Gasteiger partial charge in [-0.1, -0.05) is 6.07 Å². The van der Waals surface area contributed by atoms with Gasteiger partial charge in [-0.25, -0.2) is 0 Å². The number of nitrogens with zero attached hydrogens (tertiary/aromatic N) is 1. The van der Waals surface area contributed by atoms with E-state index >= 15 is 0 Å². The second-order valence-corrected chi connectivity index (χ2v) is 4.11. The number of carbonyl (C=O) groups is 3. The van der Waals surface area contributed by atoms with Crippen LogP contribution >= 0.6 is 0 Å². The van der Waals surface area contributed by atoms with E-state index in [2.05, 4.69) is 4.99 Å². The van der Waals surface area contributed by atoms with Crippen molar-refractivity contribution in [2.45, 2.75) is 6.18 Å². The second-order valence-electron chi connectivity index (χ2n) is 4.11. The third kappa shape index (κ3) is 2.76. The molecule has 2 rings (SSSR count). The van der Waals surface area contributed by atoms with Gasteiger partial charge in [0, 0.05) is 6.21 Å². The summed E-state index contributed by atoms with van der Waals surface area (Å²) in [5.41, 5.74) is -0.787. The van der Waals surface area contributed by atoms with Crippen LogP contribution in [-0.2, 0) is 9.59 Å². The molecule has 0 aliphatic carbocycles. The van der Waals surface area contributed by atoms with Gasteiger partial charge in [0.2, 0.25) is 0 Å². The molecule has 21 heavy (non-hydrogen) atoms. The molecular weight excluding hydrogens is 293 g/mol. The van der Waals surface area contributed by atoms with Gasteiger partial charge >= 0.3 is 18.1 Å². The van der Waals surface area contributed by atoms with E-state index in [1.165, 1.54) is 12.1 Å². The molecule has 1 aromatic carbocycles. The first kappa shape index (κ1) is 14.7. The molecule has 0 fully saturated rings. The van der Waals surface area contributed by atoms with Crippen LogP contribution in [0.5, 0.6) is 0 Å². The third-order valence-electron chi connectivity index (χ3n) is 2.71. The number of halogens is 3. The highest BCUT2D eigenvalue weighted by Gasteiger charge is 2.40. The van der Waals surface area contributed by atoms with Gasteiger partial charge in [-0.15, -0.1) is 0 Å². The van der Waals surface area contributed by atoms with E-state index in [0.717, 1.165) is 12.3 Å². The summed E-state index contributed by atoms with van der Waals surface area (Å²) in [6.45, 7) is 0. The van der Waals surface area contributed by atoms with Crippen molar-refractivity contribution >= 4 is 35.2 Å². The van der Waals surface area contributed by atoms with E-state index in [-0.39, 0.29) is 11.3 Å². The molecule has 110 valence electrons. The number of aliphatic imine (C=N–C) groups is 1. The summed E-state index contributed by atoms with van der Waals surface area (Å²) < 4.78 is 36.7. The van der Waals surface area contributed by atoms with Gasteiger partial charge < -0.3 is 10.4 Å². The number of benzene rings is 1. The Balaban J connectivity index is 2.44. The van der Waals surface area contributed by atoms with E-state index in [1.54, 1.807) is 5.32 Å². The lowest BCUT2D eigenvalue weighted by atomic mass is 9.93. The van der Waals surface area contributed by atoms with Crippen LogP contribution in [0.2, 0.25) is 0 Å². The van der Waals surface area contributed by atoms with Crippen molar-refractivity contribution in [1.29, 1.82) is 0 Å². The Kier molecular flexibility index (Phi) is 3.50. The van der Waals surface area contributed by atoms with Crippen LogP contribution in [0, 0.1) is 5.92 Å². The zero-order valence-corrected chi connectivity index (χ0v) is 10.1. The second kappa shape index (κ2) is 5.00. The van der Waals surface area contributed by atoms with Crippen molar-refractivity contribution < 1.29 is 32.7 Å². The number of hydrogen-bond acceptors (Lipinski definition) is 4. The van der Waals surface area contributed by atoms with Gasteiger partial charge in [0.25, 0.3) is 0 Å². The zero-order chi connectivity index (χ0) is 15.8. The van der Waals surface area contributed by atoms with Crippen molar-refractivity contribution in [2.24, 2.45) is 10.9 Å². The number of anilines is 1. The molecule has 0 aromatic heterocycles. The smallest absolute Gasteiger partial charge is 0.471 e. The number of aliphatic carboxylic acids is 1. The van der Waals surface area contributed by atoms with Crippen LogP contribution in [0.25, 0.3) is 0 Å². The van der Waals surface area contributed by atoms with Gasteiger partial charge in [0.1, 0.15) is 0 Å². The Labute approximate surface area is 115 Å². The number of alkyl halides is 3. The quantitative estimate of drug-likeness (QED) is 0.814. The summed E-state index contributed by atoms with van der Waals surface area (Å²) in [7, 11) is 0. The van der Waals surface area contributed by atoms with Crippen LogP contribution in [0.4, 0.5) is 24.5 Å². The maximum atomic E-state index is 12.2. The largest absolute Gasteiger partial charge is 0.480 e. The number of hydrogen-bond donors (Lipinski definition) is 2. The number of Topliss-reactive ketones (excluding diaryl/α,β-unsaturated/α-hetero) is 1. The van der Waals surface area contributed by atoms with Crippen molar-refractivity contribution in [3.63, 3.8) is 0 Å². The van der Waals surface area contributed by atoms with Crippen molar-refractivity contribution in [3.8, 4) is 0 Å². The molecule has 1 aliphatic rings. The predicted molar refractivity (Wildman–Crippen MR) is 64.7 cm³/mol. The summed E-state index contributed by atoms with van der Waals surface area (Å²) >= 11 is 0. The molecule has 0 spiro atoms. The number of carboxylic acids is 1. The molecule has 0 saturated heterocycles. The molecule has 6 nitrogen and oxygen atoms in total. The highest BCUT2D eigenvalue weighted by atomic mass is 19.4. The van der Waals surface area contributed by atoms with Gasteiger partial charge in [-0.2, -0.15) is 13.2 Å². The molecule has 1 atom stereocenters. The monoisotopic (exact) mass is 300 g/mol. The number of ketones is 1. The highest BCUT2D eigenvalue weighted by molar-refractivity contribution is 6.24. The topological polar surface area (TPSA) is 95.8 Å². The summed E-state index contributed by atoms with van der Waals surface area (Å²) in [5, 5.41) is 10.4. The van der Waals surface area contributed by atoms with Gasteiger partial charge in [0.05, 0.1) is 16.9 Å². The molecule has 2 N–H and O–H groups in total. The van der Waals surface area contributed by atoms with E-state index in [9.17, 15) is 27.6 Å². The standard InChI is InChI=1S/C12H7F3N2O4/c13-12(14,15)11(21)17-7-3-1-2-6-8(7)9(18)5(4-16-6)10(19)20/h1-5H,(H,17,21)(H,19,20). The number of carboxylic acid groups (broad SMARTS) is 1. The Bertz CT molecular complexity index is 667. The summed E-state index contributed by atoms with van der Waals surface area (Å²) in [5.74, 6) is -6.27. The minimum absolute atomic E-state index is 0.00234. The molecule has 0 saturated carbocycles. The fourth-order valence-corrected chi connectivity index (χ4v) is 1.76. The molecule has 1 aromatic rings. The normalized spacial score (nSPS) is 17.3. The van der Waals surface area contributed by atoms with E-state index in [0.29, 0.717) is 0 Å². The number of nitrogens with one attached hydrogen (secondary N) is 1. The fraction of sp³-hybridized carbons (Fsp3) is 0.167. The molecule has 0 radical (unpaired) electrons. The molecule has 1 heterocycles. The molecule has 1 unspecified atom stereocenters. The third-order valence-corrected chi connectivity index (χ3v) is 2.71. The lowest BCUT2D eigenvalue weighted by molar-refractivity contribution is -0.167. The Hall–Kier alpha value is -2.71. The molecule has 9 heteroatoms. The van der Waals surface area contributed by atoms with Gasteiger partial charge in [-0.05, 0) is 12.1 Å². The Morgan fingerprint density at radius 3 is 2.52 bits per heavy atom. The van der Waals surface area contributed by atoms with Crippen molar-refractivity contribution in [1.82, 2.24) is 0 Å². The number of carbonyl (C=O) groups excluding carboxylic acids is 2. The van der Waals surface area contributed by atoms with Crippen LogP contribution in [0.15, 0.2) is 23.2 Å². The van der Waals surface area contributed by atoms with E-state index in [4.69, 9.17) is 5.11 Å². The van der Waals surface area contributed by atoms with Gasteiger partial charge in [-0.3, -0.25) is 19.4 Å². The van der Waals surface area contributed by atoms with E-state index in [1.807, 2.05) is 0 Å². The average molecular weight is 300 g/mol. The number of rotatable bonds is 2. The zero-order valence-electron chi connectivity index (χ0n) is 10.1. The van der Waals surface area contributed by atoms with Crippen LogP contribution < -0.4 is 5.32 Å². The SMILES string of the molecule is O=C(O)C1C=Nc2cccc(NC(=O)C(F)(F)F)c2C1=O. The van der Waals surface area contributed by atoms with Crippen molar-refractivity contribution in [2.75, 3.05) is 5.32 Å².